The number of carbonyl (C=O) groups excluding carboxylic acids is 3. The van der Waals surface area contributed by atoms with E-state index in [1.54, 1.807) is 0 Å². The molecule has 1 aromatic carbocycles. The van der Waals surface area contributed by atoms with Crippen LogP contribution in [-0.2, 0) is 19.8 Å². The molecule has 0 bridgehead atoms. The number of nitrogens with one attached hydrogen (secondary N) is 1. The molecule has 3 amide bonds. The molecule has 1 fully saturated rings. The van der Waals surface area contributed by atoms with Gasteiger partial charge < -0.3 is 21.7 Å². The third-order valence-corrected chi connectivity index (χ3v) is 4.69. The van der Waals surface area contributed by atoms with E-state index in [1.165, 1.54) is 18.2 Å². The Bertz CT molecular complexity index is 867. The third kappa shape index (κ3) is 3.17. The van der Waals surface area contributed by atoms with Gasteiger partial charge in [-0.05, 0) is 30.4 Å². The van der Waals surface area contributed by atoms with Gasteiger partial charge in [-0.2, -0.15) is 0 Å². The Morgan fingerprint density at radius 3 is 2.81 bits per heavy atom. The third-order valence-electron chi connectivity index (χ3n) is 4.69. The summed E-state index contributed by atoms with van der Waals surface area (Å²) in [6.45, 7) is 1.19. The average Bonchev–Trinajstić information content (AvgIpc) is 2.99. The van der Waals surface area contributed by atoms with Crippen molar-refractivity contribution in [1.29, 1.82) is 0 Å². The molecule has 0 saturated carbocycles. The maximum atomic E-state index is 13.0. The van der Waals surface area contributed by atoms with Crippen molar-refractivity contribution in [1.82, 2.24) is 4.90 Å². The molecular formula is C18H25ClN4O3. The summed E-state index contributed by atoms with van der Waals surface area (Å²) < 4.78 is 25.3. The summed E-state index contributed by atoms with van der Waals surface area (Å²) in [6.07, 6.45) is -0.0126. The number of rotatable bonds is 4. The number of halogens is 1. The molecular weight excluding hydrogens is 356 g/mol. The second-order valence-corrected chi connectivity index (χ2v) is 7.01. The standard InChI is InChI=1S/C18H24N4O3.ClH/c1-10(2)7-12(19)16(24)22-9-18(8-14(22)15(20)23)11-5-3-4-6-13(11)21-17(18)25;/h3-6,10,12,14H,7-9,19H2,1-2H3,(H2,20,23)(H,21,25);1H/t12-,14?,18?;/m0./s1/i3D,9D2;. The van der Waals surface area contributed by atoms with Crippen LogP contribution in [0.3, 0.4) is 0 Å². The molecule has 1 saturated heterocycles. The zero-order valence-corrected chi connectivity index (χ0v) is 15.4. The van der Waals surface area contributed by atoms with Crippen molar-refractivity contribution in [2.24, 2.45) is 17.4 Å². The van der Waals surface area contributed by atoms with E-state index in [0.717, 1.165) is 4.90 Å². The number of carbonyl (C=O) groups is 3. The van der Waals surface area contributed by atoms with Crippen molar-refractivity contribution in [3.05, 3.63) is 29.8 Å². The molecule has 0 aliphatic carbocycles. The zero-order valence-electron chi connectivity index (χ0n) is 17.6. The number of fused-ring (bicyclic) bond motifs is 2. The minimum atomic E-state index is -2.55. The molecule has 1 aromatic rings. The van der Waals surface area contributed by atoms with E-state index in [1.807, 2.05) is 13.8 Å². The minimum absolute atomic E-state index is 0. The lowest BCUT2D eigenvalue weighted by molar-refractivity contribution is -0.138. The normalized spacial score (nSPS) is 28.6. The Kier molecular flexibility index (Phi) is 4.48. The molecule has 0 radical (unpaired) electrons. The number of para-hydroxylation sites is 1. The molecule has 3 atom stereocenters. The molecule has 1 spiro atoms. The summed E-state index contributed by atoms with van der Waals surface area (Å²) in [7, 11) is 0. The summed E-state index contributed by atoms with van der Waals surface area (Å²) in [4.78, 5) is 38.8. The van der Waals surface area contributed by atoms with Gasteiger partial charge in [0.05, 0.1) is 15.6 Å². The van der Waals surface area contributed by atoms with Gasteiger partial charge in [-0.1, -0.05) is 32.0 Å². The van der Waals surface area contributed by atoms with Crippen LogP contribution in [0.2, 0.25) is 0 Å². The van der Waals surface area contributed by atoms with Crippen molar-refractivity contribution in [2.45, 2.75) is 44.2 Å². The SMILES string of the molecule is Cl.[2H]c1ccc2c(c1)C1(CC(C(N)=O)N(C(=O)[C@@H](N)CC(C)C)C1([2H])[2H])C(=O)N2. The summed E-state index contributed by atoms with van der Waals surface area (Å²) in [6, 6.07) is 2.09. The zero-order chi connectivity index (χ0) is 21.0. The van der Waals surface area contributed by atoms with Crippen molar-refractivity contribution in [3.63, 3.8) is 0 Å². The van der Waals surface area contributed by atoms with Crippen LogP contribution < -0.4 is 16.8 Å². The second-order valence-electron chi connectivity index (χ2n) is 7.01. The second kappa shape index (κ2) is 7.25. The highest BCUT2D eigenvalue weighted by Crippen LogP contribution is 2.46. The van der Waals surface area contributed by atoms with Crippen LogP contribution >= 0.6 is 12.4 Å². The number of likely N-dealkylation sites (tertiary alicyclic amines) is 1. The fraction of sp³-hybridized carbons (Fsp3) is 0.500. The first kappa shape index (κ1) is 16.1. The van der Waals surface area contributed by atoms with Crippen molar-refractivity contribution in [2.75, 3.05) is 11.8 Å². The number of nitrogens with two attached hydrogens (primary N) is 2. The monoisotopic (exact) mass is 383 g/mol. The highest BCUT2D eigenvalue weighted by atomic mass is 35.5. The van der Waals surface area contributed by atoms with Gasteiger partial charge in [-0.15, -0.1) is 12.4 Å². The summed E-state index contributed by atoms with van der Waals surface area (Å²) >= 11 is 0. The van der Waals surface area contributed by atoms with Crippen LogP contribution in [0.15, 0.2) is 24.2 Å². The molecule has 142 valence electrons. The lowest BCUT2D eigenvalue weighted by atomic mass is 9.79. The van der Waals surface area contributed by atoms with Gasteiger partial charge in [0.2, 0.25) is 17.7 Å². The van der Waals surface area contributed by atoms with E-state index in [4.69, 9.17) is 15.6 Å². The topological polar surface area (TPSA) is 119 Å². The van der Waals surface area contributed by atoms with E-state index in [0.29, 0.717) is 12.1 Å². The number of hydrogen-bond donors (Lipinski definition) is 3. The van der Waals surface area contributed by atoms with Gasteiger partial charge in [0.25, 0.3) is 0 Å². The molecule has 2 unspecified atom stereocenters. The molecule has 2 heterocycles. The van der Waals surface area contributed by atoms with Gasteiger partial charge >= 0.3 is 0 Å². The highest BCUT2D eigenvalue weighted by Gasteiger charge is 2.57. The molecule has 2 aliphatic heterocycles. The first-order chi connectivity index (χ1) is 12.9. The first-order valence-electron chi connectivity index (χ1n) is 9.74. The molecule has 2 aliphatic rings. The van der Waals surface area contributed by atoms with E-state index >= 15 is 0 Å². The summed E-state index contributed by atoms with van der Waals surface area (Å²) in [5.74, 6) is -2.26. The van der Waals surface area contributed by atoms with Crippen LogP contribution in [0.5, 0.6) is 0 Å². The number of nitrogens with zero attached hydrogens (tertiary/aromatic N) is 1. The van der Waals surface area contributed by atoms with Crippen LogP contribution in [0.4, 0.5) is 5.69 Å². The smallest absolute Gasteiger partial charge is 0.240 e. The van der Waals surface area contributed by atoms with Gasteiger partial charge in [0.15, 0.2) is 0 Å². The number of anilines is 1. The highest BCUT2D eigenvalue weighted by molar-refractivity contribution is 6.08. The maximum Gasteiger partial charge on any atom is 0.240 e. The summed E-state index contributed by atoms with van der Waals surface area (Å²) in [5, 5.41) is 2.61. The minimum Gasteiger partial charge on any atom is -0.368 e. The molecule has 26 heavy (non-hydrogen) atoms. The maximum absolute atomic E-state index is 13.0. The molecule has 5 N–H and O–H groups in total. The fourth-order valence-electron chi connectivity index (χ4n) is 3.49. The lowest BCUT2D eigenvalue weighted by Gasteiger charge is -2.27. The van der Waals surface area contributed by atoms with Crippen LogP contribution in [-0.4, -0.2) is 41.2 Å². The van der Waals surface area contributed by atoms with Gasteiger partial charge in [-0.25, -0.2) is 0 Å². The Labute approximate surface area is 163 Å². The quantitative estimate of drug-likeness (QED) is 0.711. The van der Waals surface area contributed by atoms with Crippen LogP contribution in [0.1, 0.15) is 36.4 Å². The van der Waals surface area contributed by atoms with Gasteiger partial charge in [0, 0.05) is 12.2 Å². The number of benzene rings is 1. The molecule has 3 rings (SSSR count). The molecule has 8 heteroatoms. The number of hydrogen-bond acceptors (Lipinski definition) is 4. The molecule has 7 nitrogen and oxygen atoms in total. The van der Waals surface area contributed by atoms with Crippen LogP contribution in [0, 0.1) is 5.92 Å². The Balaban J connectivity index is 0.00000300. The Morgan fingerprint density at radius 1 is 1.50 bits per heavy atom. The largest absolute Gasteiger partial charge is 0.368 e. The van der Waals surface area contributed by atoms with Crippen molar-refractivity contribution < 1.29 is 18.5 Å². The van der Waals surface area contributed by atoms with Crippen LogP contribution in [0.25, 0.3) is 0 Å². The number of primary amides is 1. The Hall–Kier alpha value is -2.12. The van der Waals surface area contributed by atoms with E-state index in [9.17, 15) is 14.4 Å². The number of amides is 3. The fourth-order valence-corrected chi connectivity index (χ4v) is 3.49. The van der Waals surface area contributed by atoms with E-state index < -0.39 is 41.7 Å². The predicted molar refractivity (Wildman–Crippen MR) is 101 cm³/mol. The van der Waals surface area contributed by atoms with Crippen molar-refractivity contribution in [3.8, 4) is 0 Å². The average molecular weight is 384 g/mol. The van der Waals surface area contributed by atoms with E-state index in [2.05, 4.69) is 5.32 Å². The van der Waals surface area contributed by atoms with Gasteiger partial charge in [-0.3, -0.25) is 14.4 Å². The lowest BCUT2D eigenvalue weighted by Crippen LogP contribution is -2.51. The van der Waals surface area contributed by atoms with Crippen molar-refractivity contribution >= 4 is 35.8 Å². The first-order valence-corrected chi connectivity index (χ1v) is 8.24. The Morgan fingerprint density at radius 2 is 2.19 bits per heavy atom. The molecule has 0 aromatic heterocycles. The predicted octanol–water partition coefficient (Wildman–Crippen LogP) is 0.758. The summed E-state index contributed by atoms with van der Waals surface area (Å²) in [5.41, 5.74) is 10.2. The van der Waals surface area contributed by atoms with E-state index in [-0.39, 0.29) is 36.4 Å². The van der Waals surface area contributed by atoms with Gasteiger partial charge in [0.1, 0.15) is 6.04 Å².